The standard InChI is InChI=1S/C14H12ClNO3S/c1-2-19-14(18)11-7-8-20-13(11)16-12(17)9-3-5-10(15)6-4-9/h3-8H,2H2,1H3,(H,16,17). The topological polar surface area (TPSA) is 55.4 Å². The van der Waals surface area contributed by atoms with Crippen LogP contribution < -0.4 is 5.32 Å². The minimum absolute atomic E-state index is 0.291. The van der Waals surface area contributed by atoms with Crippen molar-refractivity contribution < 1.29 is 14.3 Å². The lowest BCUT2D eigenvalue weighted by molar-refractivity contribution is 0.0528. The minimum atomic E-state index is -0.444. The number of ether oxygens (including phenoxy) is 1. The molecule has 1 heterocycles. The lowest BCUT2D eigenvalue weighted by Crippen LogP contribution is -2.14. The van der Waals surface area contributed by atoms with Gasteiger partial charge in [-0.05, 0) is 42.6 Å². The van der Waals surface area contributed by atoms with Crippen molar-refractivity contribution >= 4 is 39.8 Å². The third-order valence-electron chi connectivity index (χ3n) is 2.49. The molecule has 0 spiro atoms. The van der Waals surface area contributed by atoms with Crippen molar-refractivity contribution in [2.75, 3.05) is 11.9 Å². The van der Waals surface area contributed by atoms with Gasteiger partial charge < -0.3 is 10.1 Å². The summed E-state index contributed by atoms with van der Waals surface area (Å²) >= 11 is 7.04. The van der Waals surface area contributed by atoms with E-state index in [4.69, 9.17) is 16.3 Å². The second-order valence-corrected chi connectivity index (χ2v) is 5.20. The summed E-state index contributed by atoms with van der Waals surface area (Å²) in [6, 6.07) is 8.14. The lowest BCUT2D eigenvalue weighted by Gasteiger charge is -2.06. The molecule has 1 N–H and O–H groups in total. The number of anilines is 1. The van der Waals surface area contributed by atoms with E-state index in [9.17, 15) is 9.59 Å². The summed E-state index contributed by atoms with van der Waals surface area (Å²) in [5.74, 6) is -0.741. The van der Waals surface area contributed by atoms with E-state index < -0.39 is 5.97 Å². The Morgan fingerprint density at radius 1 is 1.25 bits per heavy atom. The molecule has 1 amide bonds. The molecular weight excluding hydrogens is 298 g/mol. The maximum Gasteiger partial charge on any atom is 0.341 e. The zero-order valence-corrected chi connectivity index (χ0v) is 12.3. The van der Waals surface area contributed by atoms with Crippen molar-refractivity contribution in [3.63, 3.8) is 0 Å². The molecule has 6 heteroatoms. The quantitative estimate of drug-likeness (QED) is 0.873. The predicted molar refractivity (Wildman–Crippen MR) is 79.7 cm³/mol. The van der Waals surface area contributed by atoms with Gasteiger partial charge in [-0.3, -0.25) is 4.79 Å². The van der Waals surface area contributed by atoms with Crippen LogP contribution in [0, 0.1) is 0 Å². The molecule has 0 aliphatic rings. The first-order valence-electron chi connectivity index (χ1n) is 5.93. The Labute approximate surface area is 125 Å². The molecule has 0 saturated carbocycles. The zero-order chi connectivity index (χ0) is 14.5. The summed E-state index contributed by atoms with van der Waals surface area (Å²) < 4.78 is 4.93. The Hall–Kier alpha value is -1.85. The molecule has 4 nitrogen and oxygen atoms in total. The molecule has 0 fully saturated rings. The van der Waals surface area contributed by atoms with Crippen molar-refractivity contribution in [1.82, 2.24) is 0 Å². The highest BCUT2D eigenvalue weighted by atomic mass is 35.5. The third kappa shape index (κ3) is 3.37. The van der Waals surface area contributed by atoms with Gasteiger partial charge in [0.25, 0.3) is 5.91 Å². The van der Waals surface area contributed by atoms with Crippen LogP contribution >= 0.6 is 22.9 Å². The van der Waals surface area contributed by atoms with E-state index in [1.165, 1.54) is 11.3 Å². The number of halogens is 1. The summed E-state index contributed by atoms with van der Waals surface area (Å²) in [4.78, 5) is 23.8. The fourth-order valence-corrected chi connectivity index (χ4v) is 2.45. The molecule has 0 bridgehead atoms. The van der Waals surface area contributed by atoms with Gasteiger partial charge in [-0.2, -0.15) is 0 Å². The Balaban J connectivity index is 2.14. The number of hydrogen-bond acceptors (Lipinski definition) is 4. The Morgan fingerprint density at radius 2 is 1.95 bits per heavy atom. The van der Waals surface area contributed by atoms with Crippen LogP contribution in [-0.2, 0) is 4.74 Å². The molecule has 0 atom stereocenters. The van der Waals surface area contributed by atoms with Gasteiger partial charge in [-0.25, -0.2) is 4.79 Å². The number of carbonyl (C=O) groups is 2. The first kappa shape index (κ1) is 14.6. The Morgan fingerprint density at radius 3 is 2.60 bits per heavy atom. The van der Waals surface area contributed by atoms with Crippen LogP contribution in [0.15, 0.2) is 35.7 Å². The first-order chi connectivity index (χ1) is 9.61. The molecule has 0 radical (unpaired) electrons. The van der Waals surface area contributed by atoms with Crippen LogP contribution in [-0.4, -0.2) is 18.5 Å². The van der Waals surface area contributed by atoms with E-state index in [0.29, 0.717) is 27.8 Å². The van der Waals surface area contributed by atoms with Crippen molar-refractivity contribution in [1.29, 1.82) is 0 Å². The van der Waals surface area contributed by atoms with Crippen molar-refractivity contribution in [2.45, 2.75) is 6.92 Å². The van der Waals surface area contributed by atoms with E-state index in [0.717, 1.165) is 0 Å². The van der Waals surface area contributed by atoms with Crippen LogP contribution in [0.3, 0.4) is 0 Å². The molecule has 1 aromatic carbocycles. The number of benzene rings is 1. The van der Waals surface area contributed by atoms with E-state index >= 15 is 0 Å². The summed E-state index contributed by atoms with van der Waals surface area (Å²) in [5, 5.41) is 5.46. The highest BCUT2D eigenvalue weighted by Crippen LogP contribution is 2.25. The van der Waals surface area contributed by atoms with Gasteiger partial charge in [0, 0.05) is 10.6 Å². The van der Waals surface area contributed by atoms with Crippen molar-refractivity contribution in [3.8, 4) is 0 Å². The van der Waals surface area contributed by atoms with Gasteiger partial charge in [0.05, 0.1) is 12.2 Å². The second-order valence-electron chi connectivity index (χ2n) is 3.84. The van der Waals surface area contributed by atoms with Crippen LogP contribution in [0.5, 0.6) is 0 Å². The van der Waals surface area contributed by atoms with E-state index in [1.807, 2.05) is 0 Å². The summed E-state index contributed by atoms with van der Waals surface area (Å²) in [6.07, 6.45) is 0. The number of rotatable bonds is 4. The van der Waals surface area contributed by atoms with Crippen molar-refractivity contribution in [3.05, 3.63) is 51.9 Å². The molecular formula is C14H12ClNO3S. The van der Waals surface area contributed by atoms with Gasteiger partial charge in [0.2, 0.25) is 0 Å². The monoisotopic (exact) mass is 309 g/mol. The molecule has 2 aromatic rings. The Kier molecular flexibility index (Phi) is 4.76. The number of amides is 1. The van der Waals surface area contributed by atoms with Gasteiger partial charge in [0.15, 0.2) is 0 Å². The molecule has 0 unspecified atom stereocenters. The SMILES string of the molecule is CCOC(=O)c1ccsc1NC(=O)c1ccc(Cl)cc1. The van der Waals surface area contributed by atoms with E-state index in [2.05, 4.69) is 5.32 Å². The van der Waals surface area contributed by atoms with Crippen LogP contribution in [0.25, 0.3) is 0 Å². The highest BCUT2D eigenvalue weighted by Gasteiger charge is 2.16. The number of nitrogens with one attached hydrogen (secondary N) is 1. The average molecular weight is 310 g/mol. The average Bonchev–Trinajstić information content (AvgIpc) is 2.88. The molecule has 2 rings (SSSR count). The fourth-order valence-electron chi connectivity index (χ4n) is 1.55. The number of carbonyl (C=O) groups excluding carboxylic acids is 2. The highest BCUT2D eigenvalue weighted by molar-refractivity contribution is 7.14. The largest absolute Gasteiger partial charge is 0.462 e. The van der Waals surface area contributed by atoms with Crippen LogP contribution in [0.4, 0.5) is 5.00 Å². The molecule has 20 heavy (non-hydrogen) atoms. The van der Waals surface area contributed by atoms with E-state index in [-0.39, 0.29) is 5.91 Å². The second kappa shape index (κ2) is 6.54. The summed E-state index contributed by atoms with van der Waals surface area (Å²) in [7, 11) is 0. The molecule has 104 valence electrons. The third-order valence-corrected chi connectivity index (χ3v) is 3.58. The molecule has 0 aliphatic heterocycles. The van der Waals surface area contributed by atoms with Gasteiger partial charge in [-0.1, -0.05) is 11.6 Å². The molecule has 1 aromatic heterocycles. The van der Waals surface area contributed by atoms with Crippen LogP contribution in [0.2, 0.25) is 5.02 Å². The normalized spacial score (nSPS) is 10.1. The molecule has 0 aliphatic carbocycles. The Bertz CT molecular complexity index is 622. The lowest BCUT2D eigenvalue weighted by atomic mass is 10.2. The fraction of sp³-hybridized carbons (Fsp3) is 0.143. The minimum Gasteiger partial charge on any atom is -0.462 e. The maximum absolute atomic E-state index is 12.1. The zero-order valence-electron chi connectivity index (χ0n) is 10.7. The smallest absolute Gasteiger partial charge is 0.341 e. The first-order valence-corrected chi connectivity index (χ1v) is 7.19. The maximum atomic E-state index is 12.1. The van der Waals surface area contributed by atoms with Gasteiger partial charge in [-0.15, -0.1) is 11.3 Å². The van der Waals surface area contributed by atoms with Gasteiger partial charge >= 0.3 is 5.97 Å². The van der Waals surface area contributed by atoms with E-state index in [1.54, 1.807) is 42.6 Å². The van der Waals surface area contributed by atoms with Gasteiger partial charge in [0.1, 0.15) is 5.00 Å². The molecule has 0 saturated heterocycles. The van der Waals surface area contributed by atoms with Crippen molar-refractivity contribution in [2.24, 2.45) is 0 Å². The number of hydrogen-bond donors (Lipinski definition) is 1. The number of esters is 1. The van der Waals surface area contributed by atoms with Crippen LogP contribution in [0.1, 0.15) is 27.6 Å². The summed E-state index contributed by atoms with van der Waals surface area (Å²) in [5.41, 5.74) is 0.830. The predicted octanol–water partition coefficient (Wildman–Crippen LogP) is 3.83. The number of thiophene rings is 1. The summed E-state index contributed by atoms with van der Waals surface area (Å²) in [6.45, 7) is 2.02.